The lowest BCUT2D eigenvalue weighted by Crippen LogP contribution is -2.01. The van der Waals surface area contributed by atoms with Crippen molar-refractivity contribution in [1.82, 2.24) is 0 Å². The number of hydrogen-bond donors (Lipinski definition) is 2. The molecule has 3 nitrogen and oxygen atoms in total. The van der Waals surface area contributed by atoms with E-state index in [1.807, 2.05) is 31.2 Å². The van der Waals surface area contributed by atoms with Gasteiger partial charge in [-0.25, -0.2) is 0 Å². The summed E-state index contributed by atoms with van der Waals surface area (Å²) in [6, 6.07) is 11.1. The van der Waals surface area contributed by atoms with E-state index >= 15 is 0 Å². The van der Waals surface area contributed by atoms with Crippen LogP contribution >= 0.6 is 11.6 Å². The Labute approximate surface area is 117 Å². The highest BCUT2D eigenvalue weighted by Crippen LogP contribution is 2.25. The zero-order valence-electron chi connectivity index (χ0n) is 10.9. The second kappa shape index (κ2) is 5.85. The van der Waals surface area contributed by atoms with Gasteiger partial charge in [0.05, 0.1) is 12.1 Å². The van der Waals surface area contributed by atoms with E-state index in [0.717, 1.165) is 22.6 Å². The Morgan fingerprint density at radius 2 is 2.00 bits per heavy atom. The number of halogens is 1. The molecule has 2 aromatic rings. The molecule has 0 saturated carbocycles. The van der Waals surface area contributed by atoms with E-state index in [2.05, 4.69) is 5.32 Å². The Balaban J connectivity index is 2.07. The van der Waals surface area contributed by atoms with E-state index < -0.39 is 0 Å². The molecule has 0 spiro atoms. The predicted octanol–water partition coefficient (Wildman–Crippen LogP) is 3.97. The van der Waals surface area contributed by atoms with Gasteiger partial charge in [0, 0.05) is 12.2 Å². The van der Waals surface area contributed by atoms with Crippen LogP contribution in [-0.4, -0.2) is 12.2 Å². The largest absolute Gasteiger partial charge is 0.506 e. The first kappa shape index (κ1) is 13.6. The molecule has 0 aromatic heterocycles. The summed E-state index contributed by atoms with van der Waals surface area (Å²) in [6.07, 6.45) is 0. The molecular weight excluding hydrogens is 262 g/mol. The van der Waals surface area contributed by atoms with E-state index in [1.54, 1.807) is 19.2 Å². The first-order valence-electron chi connectivity index (χ1n) is 5.96. The lowest BCUT2D eigenvalue weighted by molar-refractivity contribution is 0.414. The van der Waals surface area contributed by atoms with Gasteiger partial charge in [-0.05, 0) is 48.4 Å². The quantitative estimate of drug-likeness (QED) is 0.888. The molecule has 0 atom stereocenters. The molecule has 0 aliphatic carbocycles. The number of benzene rings is 2. The third-order valence-electron chi connectivity index (χ3n) is 2.93. The fourth-order valence-corrected chi connectivity index (χ4v) is 2.02. The highest BCUT2D eigenvalue weighted by atomic mass is 35.5. The standard InChI is InChI=1S/C15H16ClNO2/c1-10-7-12(19-2)4-5-14(10)17-9-11-3-6-15(18)13(16)8-11/h3-8,17-18H,9H2,1-2H3. The fourth-order valence-electron chi connectivity index (χ4n) is 1.82. The number of hydrogen-bond acceptors (Lipinski definition) is 3. The number of ether oxygens (including phenoxy) is 1. The van der Waals surface area contributed by atoms with Crippen molar-refractivity contribution in [3.63, 3.8) is 0 Å². The van der Waals surface area contributed by atoms with Gasteiger partial charge in [-0.15, -0.1) is 0 Å². The number of aromatic hydroxyl groups is 1. The molecule has 2 aromatic carbocycles. The van der Waals surface area contributed by atoms with Crippen LogP contribution in [0.1, 0.15) is 11.1 Å². The zero-order valence-corrected chi connectivity index (χ0v) is 11.7. The highest BCUT2D eigenvalue weighted by molar-refractivity contribution is 6.32. The van der Waals surface area contributed by atoms with Crippen LogP contribution in [0.2, 0.25) is 5.02 Å². The molecule has 0 fully saturated rings. The number of phenols is 1. The molecule has 0 aliphatic rings. The van der Waals surface area contributed by atoms with E-state index in [9.17, 15) is 5.11 Å². The first-order chi connectivity index (χ1) is 9.10. The molecular formula is C15H16ClNO2. The van der Waals surface area contributed by atoms with Gasteiger partial charge in [0.1, 0.15) is 11.5 Å². The summed E-state index contributed by atoms with van der Waals surface area (Å²) in [5.41, 5.74) is 3.17. The Bertz CT molecular complexity index is 584. The molecule has 2 N–H and O–H groups in total. The topological polar surface area (TPSA) is 41.5 Å². The van der Waals surface area contributed by atoms with E-state index in [1.165, 1.54) is 0 Å². The van der Waals surface area contributed by atoms with Gasteiger partial charge in [-0.1, -0.05) is 17.7 Å². The molecule has 19 heavy (non-hydrogen) atoms. The van der Waals surface area contributed by atoms with Gasteiger partial charge in [0.2, 0.25) is 0 Å². The molecule has 2 rings (SSSR count). The number of rotatable bonds is 4. The second-order valence-electron chi connectivity index (χ2n) is 4.32. The first-order valence-corrected chi connectivity index (χ1v) is 6.34. The van der Waals surface area contributed by atoms with Crippen LogP contribution in [0.25, 0.3) is 0 Å². The van der Waals surface area contributed by atoms with Crippen molar-refractivity contribution in [3.05, 3.63) is 52.5 Å². The summed E-state index contributed by atoms with van der Waals surface area (Å²) in [4.78, 5) is 0. The van der Waals surface area contributed by atoms with Crippen molar-refractivity contribution in [2.75, 3.05) is 12.4 Å². The predicted molar refractivity (Wildman–Crippen MR) is 78.2 cm³/mol. The van der Waals surface area contributed by atoms with Crippen molar-refractivity contribution in [3.8, 4) is 11.5 Å². The maximum atomic E-state index is 9.36. The van der Waals surface area contributed by atoms with Gasteiger partial charge >= 0.3 is 0 Å². The lowest BCUT2D eigenvalue weighted by Gasteiger charge is -2.11. The van der Waals surface area contributed by atoms with Crippen LogP contribution in [0.4, 0.5) is 5.69 Å². The third-order valence-corrected chi connectivity index (χ3v) is 3.23. The van der Waals surface area contributed by atoms with Crippen molar-refractivity contribution >= 4 is 17.3 Å². The molecule has 4 heteroatoms. The van der Waals surface area contributed by atoms with Gasteiger partial charge in [0.15, 0.2) is 0 Å². The second-order valence-corrected chi connectivity index (χ2v) is 4.73. The van der Waals surface area contributed by atoms with Crippen molar-refractivity contribution in [2.45, 2.75) is 13.5 Å². The van der Waals surface area contributed by atoms with E-state index in [-0.39, 0.29) is 5.75 Å². The monoisotopic (exact) mass is 277 g/mol. The number of aryl methyl sites for hydroxylation is 1. The summed E-state index contributed by atoms with van der Waals surface area (Å²) in [6.45, 7) is 2.67. The van der Waals surface area contributed by atoms with Gasteiger partial charge in [-0.2, -0.15) is 0 Å². The van der Waals surface area contributed by atoms with Crippen molar-refractivity contribution < 1.29 is 9.84 Å². The van der Waals surface area contributed by atoms with Crippen molar-refractivity contribution in [2.24, 2.45) is 0 Å². The van der Waals surface area contributed by atoms with Gasteiger partial charge in [-0.3, -0.25) is 0 Å². The van der Waals surface area contributed by atoms with Gasteiger partial charge < -0.3 is 15.2 Å². The summed E-state index contributed by atoms with van der Waals surface area (Å²) in [5.74, 6) is 0.946. The number of phenolic OH excluding ortho intramolecular Hbond substituents is 1. The zero-order chi connectivity index (χ0) is 13.8. The normalized spacial score (nSPS) is 10.3. The minimum absolute atomic E-state index is 0.103. The fraction of sp³-hybridized carbons (Fsp3) is 0.200. The lowest BCUT2D eigenvalue weighted by atomic mass is 10.1. The molecule has 100 valence electrons. The smallest absolute Gasteiger partial charge is 0.134 e. The summed E-state index contributed by atoms with van der Waals surface area (Å²) < 4.78 is 5.17. The maximum absolute atomic E-state index is 9.36. The van der Waals surface area contributed by atoms with Crippen LogP contribution in [0.3, 0.4) is 0 Å². The van der Waals surface area contributed by atoms with Crippen LogP contribution in [0.5, 0.6) is 11.5 Å². The Kier molecular flexibility index (Phi) is 4.17. The van der Waals surface area contributed by atoms with Gasteiger partial charge in [0.25, 0.3) is 0 Å². The number of methoxy groups -OCH3 is 1. The summed E-state index contributed by atoms with van der Waals surface area (Å²) >= 11 is 5.87. The summed E-state index contributed by atoms with van der Waals surface area (Å²) in [7, 11) is 1.65. The summed E-state index contributed by atoms with van der Waals surface area (Å²) in [5, 5.41) is 13.1. The van der Waals surface area contributed by atoms with Crippen molar-refractivity contribution in [1.29, 1.82) is 0 Å². The van der Waals surface area contributed by atoms with Crippen LogP contribution in [0, 0.1) is 6.92 Å². The van der Waals surface area contributed by atoms with E-state index in [0.29, 0.717) is 11.6 Å². The number of anilines is 1. The molecule has 0 unspecified atom stereocenters. The molecule has 0 amide bonds. The molecule has 0 bridgehead atoms. The Morgan fingerprint density at radius 1 is 1.21 bits per heavy atom. The Morgan fingerprint density at radius 3 is 2.63 bits per heavy atom. The molecule has 0 radical (unpaired) electrons. The van der Waals surface area contributed by atoms with Crippen LogP contribution in [-0.2, 0) is 6.54 Å². The van der Waals surface area contributed by atoms with Crippen LogP contribution < -0.4 is 10.1 Å². The Hall–Kier alpha value is -1.87. The average molecular weight is 278 g/mol. The maximum Gasteiger partial charge on any atom is 0.134 e. The minimum atomic E-state index is 0.103. The SMILES string of the molecule is COc1ccc(NCc2ccc(O)c(Cl)c2)c(C)c1. The highest BCUT2D eigenvalue weighted by Gasteiger charge is 2.02. The number of nitrogens with one attached hydrogen (secondary N) is 1. The average Bonchev–Trinajstić information content (AvgIpc) is 2.41. The van der Waals surface area contributed by atoms with E-state index in [4.69, 9.17) is 16.3 Å². The minimum Gasteiger partial charge on any atom is -0.506 e. The van der Waals surface area contributed by atoms with Crippen LogP contribution in [0.15, 0.2) is 36.4 Å². The molecule has 0 saturated heterocycles. The molecule has 0 heterocycles. The molecule has 0 aliphatic heterocycles. The third kappa shape index (κ3) is 3.32.